The maximum atomic E-state index is 4.15. The van der Waals surface area contributed by atoms with E-state index in [4.69, 9.17) is 0 Å². The Balaban J connectivity index is 2.82. The van der Waals surface area contributed by atoms with Crippen LogP contribution >= 0.6 is 0 Å². The molecule has 0 aromatic heterocycles. The minimum absolute atomic E-state index is 0.0729. The first-order chi connectivity index (χ1) is 4.21. The van der Waals surface area contributed by atoms with Crippen LogP contribution in [-0.2, 0) is 0 Å². The van der Waals surface area contributed by atoms with Gasteiger partial charge in [-0.05, 0) is 19.9 Å². The van der Waals surface area contributed by atoms with E-state index in [0.717, 1.165) is 0 Å². The van der Waals surface area contributed by atoms with Gasteiger partial charge in [-0.25, -0.2) is 4.99 Å². The Labute approximate surface area is 55.0 Å². The summed E-state index contributed by atoms with van der Waals surface area (Å²) >= 11 is 0. The molecule has 48 valence electrons. The Morgan fingerprint density at radius 2 is 2.11 bits per heavy atom. The second-order valence-corrected chi connectivity index (χ2v) is 2.56. The van der Waals surface area contributed by atoms with Gasteiger partial charge >= 0.3 is 0 Å². The number of allylic oxidation sites excluding steroid dienone is 1. The number of nitrogens with zero attached hydrogens (tertiary/aromatic N) is 2. The van der Waals surface area contributed by atoms with Crippen molar-refractivity contribution in [2.24, 2.45) is 9.98 Å². The predicted octanol–water partition coefficient (Wildman–Crippen LogP) is 1.43. The lowest BCUT2D eigenvalue weighted by molar-refractivity contribution is 0.662. The zero-order chi connectivity index (χ0) is 6.74. The SMILES string of the molecule is CC1(C)C=CC=NC=N1. The van der Waals surface area contributed by atoms with Crippen molar-refractivity contribution < 1.29 is 0 Å². The molecule has 0 saturated heterocycles. The first-order valence-corrected chi connectivity index (χ1v) is 2.95. The average molecular weight is 122 g/mol. The summed E-state index contributed by atoms with van der Waals surface area (Å²) in [5, 5.41) is 0. The standard InChI is InChI=1S/C7H10N2/c1-7(2)4-3-5-8-6-9-7/h3-6H,1-2H3. The highest BCUT2D eigenvalue weighted by atomic mass is 14.9. The number of rotatable bonds is 0. The van der Waals surface area contributed by atoms with Crippen LogP contribution in [0.3, 0.4) is 0 Å². The van der Waals surface area contributed by atoms with Crippen LogP contribution in [0.25, 0.3) is 0 Å². The lowest BCUT2D eigenvalue weighted by atomic mass is 10.1. The number of hydrogen-bond acceptors (Lipinski definition) is 2. The molecular weight excluding hydrogens is 112 g/mol. The topological polar surface area (TPSA) is 24.7 Å². The van der Waals surface area contributed by atoms with Gasteiger partial charge < -0.3 is 0 Å². The third-order valence-corrected chi connectivity index (χ3v) is 1.13. The van der Waals surface area contributed by atoms with Crippen molar-refractivity contribution in [3.8, 4) is 0 Å². The van der Waals surface area contributed by atoms with Crippen molar-refractivity contribution >= 4 is 12.6 Å². The Hall–Kier alpha value is -0.920. The maximum Gasteiger partial charge on any atom is 0.110 e. The van der Waals surface area contributed by atoms with Crippen LogP contribution in [0.4, 0.5) is 0 Å². The van der Waals surface area contributed by atoms with Gasteiger partial charge in [0.2, 0.25) is 0 Å². The molecular formula is C7H10N2. The monoisotopic (exact) mass is 122 g/mol. The molecule has 0 aliphatic carbocycles. The van der Waals surface area contributed by atoms with Crippen molar-refractivity contribution in [1.29, 1.82) is 0 Å². The van der Waals surface area contributed by atoms with E-state index in [1.807, 2.05) is 26.0 Å². The number of aliphatic imine (C=N–C) groups is 2. The van der Waals surface area contributed by atoms with Crippen LogP contribution in [-0.4, -0.2) is 18.1 Å². The lowest BCUT2D eigenvalue weighted by Crippen LogP contribution is -2.11. The molecule has 0 saturated carbocycles. The Bertz CT molecular complexity index is 157. The third kappa shape index (κ3) is 1.80. The molecule has 0 radical (unpaired) electrons. The predicted molar refractivity (Wildman–Crippen MR) is 40.2 cm³/mol. The molecule has 1 rings (SSSR count). The molecule has 0 spiro atoms. The molecule has 0 atom stereocenters. The molecule has 0 bridgehead atoms. The molecule has 1 aliphatic rings. The highest BCUT2D eigenvalue weighted by Gasteiger charge is 2.09. The fraction of sp³-hybridized carbons (Fsp3) is 0.429. The van der Waals surface area contributed by atoms with E-state index in [2.05, 4.69) is 9.98 Å². The van der Waals surface area contributed by atoms with Gasteiger partial charge in [0, 0.05) is 6.21 Å². The summed E-state index contributed by atoms with van der Waals surface area (Å²) in [6, 6.07) is 0. The summed E-state index contributed by atoms with van der Waals surface area (Å²) < 4.78 is 0. The van der Waals surface area contributed by atoms with E-state index in [-0.39, 0.29) is 5.54 Å². The molecule has 0 N–H and O–H groups in total. The van der Waals surface area contributed by atoms with Gasteiger partial charge in [-0.3, -0.25) is 4.99 Å². The van der Waals surface area contributed by atoms with Crippen LogP contribution in [0, 0.1) is 0 Å². The Kier molecular flexibility index (Phi) is 1.47. The minimum atomic E-state index is -0.0729. The van der Waals surface area contributed by atoms with Gasteiger partial charge in [-0.2, -0.15) is 0 Å². The van der Waals surface area contributed by atoms with E-state index >= 15 is 0 Å². The van der Waals surface area contributed by atoms with Gasteiger partial charge in [-0.1, -0.05) is 6.08 Å². The molecule has 1 heterocycles. The first kappa shape index (κ1) is 6.20. The molecule has 1 aliphatic heterocycles. The summed E-state index contributed by atoms with van der Waals surface area (Å²) in [6.07, 6.45) is 7.24. The smallest absolute Gasteiger partial charge is 0.110 e. The fourth-order valence-electron chi connectivity index (χ4n) is 0.592. The molecule has 2 nitrogen and oxygen atoms in total. The summed E-state index contributed by atoms with van der Waals surface area (Å²) in [7, 11) is 0. The largest absolute Gasteiger partial charge is 0.263 e. The molecule has 0 aromatic carbocycles. The van der Waals surface area contributed by atoms with Crippen molar-refractivity contribution in [2.45, 2.75) is 19.4 Å². The van der Waals surface area contributed by atoms with Gasteiger partial charge in [0.05, 0.1) is 5.54 Å². The normalized spacial score (nSPS) is 22.0. The summed E-state index contributed by atoms with van der Waals surface area (Å²) in [5.41, 5.74) is -0.0729. The van der Waals surface area contributed by atoms with Crippen LogP contribution in [0.1, 0.15) is 13.8 Å². The van der Waals surface area contributed by atoms with Crippen molar-refractivity contribution in [2.75, 3.05) is 0 Å². The Morgan fingerprint density at radius 1 is 1.33 bits per heavy atom. The van der Waals surface area contributed by atoms with Gasteiger partial charge in [0.25, 0.3) is 0 Å². The molecule has 2 heteroatoms. The zero-order valence-corrected chi connectivity index (χ0v) is 5.70. The second-order valence-electron chi connectivity index (χ2n) is 2.56. The van der Waals surface area contributed by atoms with Crippen LogP contribution in [0.15, 0.2) is 22.1 Å². The van der Waals surface area contributed by atoms with Crippen LogP contribution < -0.4 is 0 Å². The summed E-state index contributed by atoms with van der Waals surface area (Å²) in [5.74, 6) is 0. The average Bonchev–Trinajstić information content (AvgIpc) is 1.92. The second kappa shape index (κ2) is 2.13. The van der Waals surface area contributed by atoms with E-state index in [9.17, 15) is 0 Å². The quantitative estimate of drug-likeness (QED) is 0.464. The maximum absolute atomic E-state index is 4.15. The molecule has 0 fully saturated rings. The number of hydrogen-bond donors (Lipinski definition) is 0. The van der Waals surface area contributed by atoms with Crippen LogP contribution in [0.5, 0.6) is 0 Å². The highest BCUT2D eigenvalue weighted by Crippen LogP contribution is 2.10. The minimum Gasteiger partial charge on any atom is -0.263 e. The molecule has 0 amide bonds. The lowest BCUT2D eigenvalue weighted by Gasteiger charge is -2.10. The summed E-state index contributed by atoms with van der Waals surface area (Å²) in [6.45, 7) is 4.07. The van der Waals surface area contributed by atoms with E-state index in [0.29, 0.717) is 0 Å². The molecule has 9 heavy (non-hydrogen) atoms. The zero-order valence-electron chi connectivity index (χ0n) is 5.70. The highest BCUT2D eigenvalue weighted by molar-refractivity contribution is 5.81. The van der Waals surface area contributed by atoms with Crippen molar-refractivity contribution in [3.63, 3.8) is 0 Å². The van der Waals surface area contributed by atoms with E-state index < -0.39 is 0 Å². The molecule has 0 aromatic rings. The Morgan fingerprint density at radius 3 is 2.89 bits per heavy atom. The van der Waals surface area contributed by atoms with E-state index in [1.54, 1.807) is 12.6 Å². The fourth-order valence-corrected chi connectivity index (χ4v) is 0.592. The molecule has 0 unspecified atom stereocenters. The van der Waals surface area contributed by atoms with Crippen LogP contribution in [0.2, 0.25) is 0 Å². The van der Waals surface area contributed by atoms with E-state index in [1.165, 1.54) is 0 Å². The first-order valence-electron chi connectivity index (χ1n) is 2.95. The van der Waals surface area contributed by atoms with Gasteiger partial charge in [0.1, 0.15) is 6.34 Å². The van der Waals surface area contributed by atoms with Gasteiger partial charge in [-0.15, -0.1) is 0 Å². The van der Waals surface area contributed by atoms with Crippen molar-refractivity contribution in [1.82, 2.24) is 0 Å². The van der Waals surface area contributed by atoms with Crippen molar-refractivity contribution in [3.05, 3.63) is 12.2 Å². The third-order valence-electron chi connectivity index (χ3n) is 1.13. The van der Waals surface area contributed by atoms with Gasteiger partial charge in [0.15, 0.2) is 0 Å². The summed E-state index contributed by atoms with van der Waals surface area (Å²) in [4.78, 5) is 8.01.